The number of para-hydroxylation sites is 1. The molecule has 0 saturated heterocycles. The lowest BCUT2D eigenvalue weighted by atomic mass is 10.0. The van der Waals surface area contributed by atoms with E-state index in [1.165, 1.54) is 44.4 Å². The van der Waals surface area contributed by atoms with Gasteiger partial charge in [-0.25, -0.2) is 0 Å². The second kappa shape index (κ2) is 8.56. The van der Waals surface area contributed by atoms with Gasteiger partial charge in [-0.15, -0.1) is 0 Å². The molecule has 0 radical (unpaired) electrons. The molecule has 2 aromatic heterocycles. The second-order valence-corrected chi connectivity index (χ2v) is 8.15. The van der Waals surface area contributed by atoms with E-state index in [4.69, 9.17) is 8.83 Å². The van der Waals surface area contributed by atoms with Crippen LogP contribution in [0.2, 0.25) is 0 Å². The van der Waals surface area contributed by atoms with Gasteiger partial charge in [0.25, 0.3) is 0 Å². The van der Waals surface area contributed by atoms with Gasteiger partial charge in [0.2, 0.25) is 0 Å². The Labute approximate surface area is 167 Å². The van der Waals surface area contributed by atoms with E-state index >= 15 is 0 Å². The molecule has 2 amide bonds. The lowest BCUT2D eigenvalue weighted by Crippen LogP contribution is -2.41. The van der Waals surface area contributed by atoms with Gasteiger partial charge in [0.05, 0.1) is 6.26 Å². The number of rotatable bonds is 5. The molecule has 6 nitrogen and oxygen atoms in total. The molecule has 146 valence electrons. The molecule has 28 heavy (non-hydrogen) atoms. The highest BCUT2D eigenvalue weighted by molar-refractivity contribution is 7.99. The third-order valence-electron chi connectivity index (χ3n) is 4.95. The number of furan rings is 2. The smallest absolute Gasteiger partial charge is 0.305 e. The summed E-state index contributed by atoms with van der Waals surface area (Å²) in [7, 11) is 0. The molecule has 1 fully saturated rings. The zero-order valence-corrected chi connectivity index (χ0v) is 16.2. The number of carbonyl (C=O) groups is 2. The van der Waals surface area contributed by atoms with Crippen molar-refractivity contribution in [3.8, 4) is 0 Å². The number of carbonyl (C=O) groups excluding carboxylic acids is 2. The highest BCUT2D eigenvalue weighted by Crippen LogP contribution is 2.34. The van der Waals surface area contributed by atoms with Crippen LogP contribution in [0.25, 0.3) is 11.0 Å². The third-order valence-corrected chi connectivity index (χ3v) is 6.35. The Bertz CT molecular complexity index is 958. The molecule has 0 spiro atoms. The van der Waals surface area contributed by atoms with Gasteiger partial charge in [-0.2, -0.15) is 11.8 Å². The summed E-state index contributed by atoms with van der Waals surface area (Å²) in [6, 6.07) is 10.8. The van der Waals surface area contributed by atoms with Crippen molar-refractivity contribution in [1.29, 1.82) is 0 Å². The van der Waals surface area contributed by atoms with E-state index in [1.807, 2.05) is 36.0 Å². The first-order valence-corrected chi connectivity index (χ1v) is 10.5. The number of fused-ring (bicyclic) bond motifs is 1. The quantitative estimate of drug-likeness (QED) is 0.610. The van der Waals surface area contributed by atoms with Crippen molar-refractivity contribution in [3.63, 3.8) is 0 Å². The Morgan fingerprint density at radius 2 is 1.79 bits per heavy atom. The first-order valence-electron chi connectivity index (χ1n) is 9.48. The van der Waals surface area contributed by atoms with E-state index in [0.717, 1.165) is 10.9 Å². The average Bonchev–Trinajstić information content (AvgIpc) is 3.39. The highest BCUT2D eigenvalue weighted by atomic mass is 32.2. The van der Waals surface area contributed by atoms with E-state index in [1.54, 1.807) is 6.07 Å². The van der Waals surface area contributed by atoms with Crippen molar-refractivity contribution in [2.24, 2.45) is 0 Å². The molecule has 7 heteroatoms. The van der Waals surface area contributed by atoms with Crippen molar-refractivity contribution in [2.75, 3.05) is 0 Å². The van der Waals surface area contributed by atoms with Crippen LogP contribution in [0.1, 0.15) is 58.8 Å². The fraction of sp³-hybridized carbons (Fsp3) is 0.333. The molecule has 0 bridgehead atoms. The maximum atomic E-state index is 12.7. The zero-order chi connectivity index (χ0) is 19.3. The summed E-state index contributed by atoms with van der Waals surface area (Å²) in [4.78, 5) is 24.7. The minimum atomic E-state index is -0.521. The van der Waals surface area contributed by atoms with Crippen LogP contribution < -0.4 is 10.9 Å². The summed E-state index contributed by atoms with van der Waals surface area (Å²) >= 11 is 1.88. The predicted octanol–water partition coefficient (Wildman–Crippen LogP) is 4.67. The lowest BCUT2D eigenvalue weighted by Gasteiger charge is -2.20. The van der Waals surface area contributed by atoms with E-state index in [2.05, 4.69) is 10.9 Å². The van der Waals surface area contributed by atoms with Crippen LogP contribution in [0, 0.1) is 0 Å². The molecule has 1 saturated carbocycles. The highest BCUT2D eigenvalue weighted by Gasteiger charge is 2.23. The van der Waals surface area contributed by atoms with E-state index in [0.29, 0.717) is 16.6 Å². The molecule has 1 aromatic carbocycles. The van der Waals surface area contributed by atoms with Gasteiger partial charge in [0.15, 0.2) is 11.5 Å². The Morgan fingerprint density at radius 1 is 1.00 bits per heavy atom. The number of nitrogens with one attached hydrogen (secondary N) is 2. The molecule has 0 atom stereocenters. The van der Waals surface area contributed by atoms with Gasteiger partial charge in [-0.3, -0.25) is 20.4 Å². The van der Waals surface area contributed by atoms with Crippen molar-refractivity contribution >= 4 is 34.5 Å². The van der Waals surface area contributed by atoms with Gasteiger partial charge < -0.3 is 8.83 Å². The van der Waals surface area contributed by atoms with Gasteiger partial charge >= 0.3 is 11.8 Å². The Hall–Kier alpha value is -2.67. The molecule has 1 aliphatic rings. The van der Waals surface area contributed by atoms with Crippen LogP contribution in [0.3, 0.4) is 0 Å². The van der Waals surface area contributed by atoms with Gasteiger partial charge in [-0.1, -0.05) is 37.5 Å². The first kappa shape index (κ1) is 18.7. The number of hydrogen-bond acceptors (Lipinski definition) is 5. The largest absolute Gasteiger partial charge is 0.459 e. The topological polar surface area (TPSA) is 84.5 Å². The Morgan fingerprint density at radius 3 is 2.57 bits per heavy atom. The van der Waals surface area contributed by atoms with Crippen LogP contribution in [-0.4, -0.2) is 17.1 Å². The van der Waals surface area contributed by atoms with Gasteiger partial charge in [-0.05, 0) is 31.0 Å². The fourth-order valence-electron chi connectivity index (χ4n) is 3.50. The SMILES string of the molecule is O=C(NNC(=O)c1oc2ccccc2c1CSC1CCCCC1)c1ccco1. The minimum Gasteiger partial charge on any atom is -0.459 e. The van der Waals surface area contributed by atoms with Crippen LogP contribution in [0.4, 0.5) is 0 Å². The van der Waals surface area contributed by atoms with Crippen LogP contribution >= 0.6 is 11.8 Å². The summed E-state index contributed by atoms with van der Waals surface area (Å²) in [5.74, 6) is 0.0708. The van der Waals surface area contributed by atoms with Crippen molar-refractivity contribution < 1.29 is 18.4 Å². The van der Waals surface area contributed by atoms with Gasteiger partial charge in [0, 0.05) is 22.0 Å². The fourth-order valence-corrected chi connectivity index (χ4v) is 4.85. The first-order chi connectivity index (χ1) is 13.7. The monoisotopic (exact) mass is 398 g/mol. The molecule has 0 unspecified atom stereocenters. The molecule has 1 aliphatic carbocycles. The number of hydrogen-bond donors (Lipinski definition) is 2. The number of amides is 2. The molecule has 0 aliphatic heterocycles. The predicted molar refractivity (Wildman–Crippen MR) is 108 cm³/mol. The van der Waals surface area contributed by atoms with Crippen LogP contribution in [0.15, 0.2) is 51.5 Å². The molecule has 2 N–H and O–H groups in total. The standard InChI is InChI=1S/C21H22N2O4S/c24-20(18-11-6-12-26-18)22-23-21(25)19-16(13-28-14-7-2-1-3-8-14)15-9-4-5-10-17(15)27-19/h4-6,9-12,14H,1-3,7-8,13H2,(H,22,24)(H,23,25). The third kappa shape index (κ3) is 4.09. The molecular formula is C21H22N2O4S. The van der Waals surface area contributed by atoms with Gasteiger partial charge in [0.1, 0.15) is 5.58 Å². The summed E-state index contributed by atoms with van der Waals surface area (Å²) in [6.45, 7) is 0. The summed E-state index contributed by atoms with van der Waals surface area (Å²) < 4.78 is 10.8. The molecule has 4 rings (SSSR count). The lowest BCUT2D eigenvalue weighted by molar-refractivity contribution is 0.0817. The van der Waals surface area contributed by atoms with E-state index < -0.39 is 11.8 Å². The maximum absolute atomic E-state index is 12.7. The Balaban J connectivity index is 1.50. The van der Waals surface area contributed by atoms with E-state index in [-0.39, 0.29) is 11.5 Å². The second-order valence-electron chi connectivity index (χ2n) is 6.86. The summed E-state index contributed by atoms with van der Waals surface area (Å²) in [5, 5.41) is 1.56. The van der Waals surface area contributed by atoms with Crippen molar-refractivity contribution in [3.05, 3.63) is 59.7 Å². The summed E-state index contributed by atoms with van der Waals surface area (Å²) in [5.41, 5.74) is 6.33. The molecule has 3 aromatic rings. The number of thioether (sulfide) groups is 1. The Kier molecular flexibility index (Phi) is 5.71. The van der Waals surface area contributed by atoms with Crippen LogP contribution in [0.5, 0.6) is 0 Å². The van der Waals surface area contributed by atoms with Crippen molar-refractivity contribution in [2.45, 2.75) is 43.1 Å². The van der Waals surface area contributed by atoms with Crippen molar-refractivity contribution in [1.82, 2.24) is 10.9 Å². The number of hydrazine groups is 1. The maximum Gasteiger partial charge on any atom is 0.305 e. The normalized spacial score (nSPS) is 14.9. The summed E-state index contributed by atoms with van der Waals surface area (Å²) in [6.07, 6.45) is 7.71. The molecular weight excluding hydrogens is 376 g/mol. The minimum absolute atomic E-state index is 0.123. The average molecular weight is 398 g/mol. The van der Waals surface area contributed by atoms with E-state index in [9.17, 15) is 9.59 Å². The number of benzene rings is 1. The zero-order valence-electron chi connectivity index (χ0n) is 15.4. The van der Waals surface area contributed by atoms with Crippen LogP contribution in [-0.2, 0) is 5.75 Å². The molecule has 2 heterocycles.